The number of rotatable bonds is 8. The normalized spacial score (nSPS) is 14.8. The fourth-order valence-electron chi connectivity index (χ4n) is 2.84. The smallest absolute Gasteiger partial charge is 0.318 e. The number of amides is 2. The van der Waals surface area contributed by atoms with Crippen LogP contribution in [0.4, 0.5) is 10.6 Å². The molecule has 0 bridgehead atoms. The van der Waals surface area contributed by atoms with E-state index in [2.05, 4.69) is 40.2 Å². The Morgan fingerprint density at radius 2 is 1.92 bits per heavy atom. The van der Waals surface area contributed by atoms with Crippen LogP contribution in [0.2, 0.25) is 0 Å². The number of urea groups is 1. The van der Waals surface area contributed by atoms with E-state index < -0.39 is 0 Å². The fourth-order valence-corrected chi connectivity index (χ4v) is 2.84. The van der Waals surface area contributed by atoms with Gasteiger partial charge >= 0.3 is 6.03 Å². The van der Waals surface area contributed by atoms with Crippen LogP contribution in [0.5, 0.6) is 0 Å². The Kier molecular flexibility index (Phi) is 7.47. The second-order valence-corrected chi connectivity index (χ2v) is 6.09. The minimum atomic E-state index is -0.125. The summed E-state index contributed by atoms with van der Waals surface area (Å²) in [4.78, 5) is 23.1. The van der Waals surface area contributed by atoms with Gasteiger partial charge in [-0.1, -0.05) is 25.1 Å². The summed E-state index contributed by atoms with van der Waals surface area (Å²) in [7, 11) is 0. The topological polar surface area (TPSA) is 51.7 Å². The second kappa shape index (κ2) is 9.84. The number of carbonyl (C=O) groups is 1. The molecule has 1 fully saturated rings. The zero-order chi connectivity index (χ0) is 18.1. The summed E-state index contributed by atoms with van der Waals surface area (Å²) in [5.41, 5.74) is 0.987. The number of likely N-dealkylation sites (N-methyl/N-ethyl adjacent to an activating group) is 1. The maximum Gasteiger partial charge on any atom is 0.318 e. The van der Waals surface area contributed by atoms with Crippen molar-refractivity contribution in [2.24, 2.45) is 0 Å². The van der Waals surface area contributed by atoms with E-state index in [1.165, 1.54) is 0 Å². The first-order valence-corrected chi connectivity index (χ1v) is 8.84. The first kappa shape index (κ1) is 19.0. The van der Waals surface area contributed by atoms with Gasteiger partial charge in [-0.25, -0.2) is 9.78 Å². The van der Waals surface area contributed by atoms with Crippen molar-refractivity contribution in [1.29, 1.82) is 0 Å². The molecule has 6 heteroatoms. The van der Waals surface area contributed by atoms with Gasteiger partial charge in [0.15, 0.2) is 0 Å². The predicted molar refractivity (Wildman–Crippen MR) is 103 cm³/mol. The minimum absolute atomic E-state index is 0.125. The van der Waals surface area contributed by atoms with Crippen LogP contribution in [0.25, 0.3) is 0 Å². The SMILES string of the molecule is C=CCN(CC=C)C(=O)NCc1ccc(N2CCN(CC)CC2)nc1. The van der Waals surface area contributed by atoms with Crippen LogP contribution in [-0.2, 0) is 6.54 Å². The Labute approximate surface area is 150 Å². The summed E-state index contributed by atoms with van der Waals surface area (Å²) in [5, 5.41) is 2.91. The van der Waals surface area contributed by atoms with Gasteiger partial charge in [0.25, 0.3) is 0 Å². The van der Waals surface area contributed by atoms with Crippen LogP contribution in [0.1, 0.15) is 12.5 Å². The van der Waals surface area contributed by atoms with Gasteiger partial charge in [-0.15, -0.1) is 13.2 Å². The Hall–Kier alpha value is -2.34. The maximum atomic E-state index is 12.2. The minimum Gasteiger partial charge on any atom is -0.354 e. The molecule has 1 aromatic rings. The number of nitrogens with one attached hydrogen (secondary N) is 1. The van der Waals surface area contributed by atoms with Gasteiger partial charge in [-0.3, -0.25) is 0 Å². The number of nitrogens with zero attached hydrogens (tertiary/aromatic N) is 4. The van der Waals surface area contributed by atoms with Gasteiger partial charge in [-0.05, 0) is 18.2 Å². The fraction of sp³-hybridized carbons (Fsp3) is 0.474. The molecule has 2 amide bonds. The highest BCUT2D eigenvalue weighted by Crippen LogP contribution is 2.14. The quantitative estimate of drug-likeness (QED) is 0.735. The lowest BCUT2D eigenvalue weighted by Gasteiger charge is -2.34. The standard InChI is InChI=1S/C19H29N5O/c1-4-9-24(10-5-2)19(25)21-16-17-7-8-18(20-15-17)23-13-11-22(6-3)12-14-23/h4-5,7-8,15H,1-2,6,9-14,16H2,3H3,(H,21,25). The molecule has 0 aliphatic carbocycles. The molecular formula is C19H29N5O. The van der Waals surface area contributed by atoms with Gasteiger partial charge in [0.2, 0.25) is 0 Å². The van der Waals surface area contributed by atoms with Gasteiger partial charge < -0.3 is 20.0 Å². The van der Waals surface area contributed by atoms with E-state index >= 15 is 0 Å². The third-order valence-corrected chi connectivity index (χ3v) is 4.38. The van der Waals surface area contributed by atoms with Gasteiger partial charge in [0, 0.05) is 52.0 Å². The molecule has 0 unspecified atom stereocenters. The molecule has 1 aliphatic rings. The van der Waals surface area contributed by atoms with Crippen molar-refractivity contribution in [2.45, 2.75) is 13.5 Å². The summed E-state index contributed by atoms with van der Waals surface area (Å²) in [5.74, 6) is 1.01. The van der Waals surface area contributed by atoms with Crippen molar-refractivity contribution in [3.05, 3.63) is 49.2 Å². The number of piperazine rings is 1. The molecule has 2 rings (SSSR count). The van der Waals surface area contributed by atoms with E-state index in [1.807, 2.05) is 18.3 Å². The van der Waals surface area contributed by atoms with E-state index in [0.717, 1.165) is 44.1 Å². The first-order valence-electron chi connectivity index (χ1n) is 8.84. The van der Waals surface area contributed by atoms with Crippen molar-refractivity contribution in [2.75, 3.05) is 50.7 Å². The molecule has 136 valence electrons. The number of pyridine rings is 1. The average molecular weight is 343 g/mol. The molecule has 0 aromatic carbocycles. The molecule has 0 spiro atoms. The maximum absolute atomic E-state index is 12.2. The molecule has 25 heavy (non-hydrogen) atoms. The van der Waals surface area contributed by atoms with E-state index in [9.17, 15) is 4.79 Å². The van der Waals surface area contributed by atoms with Crippen LogP contribution >= 0.6 is 0 Å². The van der Waals surface area contributed by atoms with E-state index in [4.69, 9.17) is 0 Å². The first-order chi connectivity index (χ1) is 12.2. The monoisotopic (exact) mass is 343 g/mol. The lowest BCUT2D eigenvalue weighted by atomic mass is 10.2. The molecule has 6 nitrogen and oxygen atoms in total. The molecule has 0 saturated carbocycles. The van der Waals surface area contributed by atoms with Crippen LogP contribution in [-0.4, -0.2) is 66.6 Å². The highest BCUT2D eigenvalue weighted by Gasteiger charge is 2.16. The number of hydrogen-bond acceptors (Lipinski definition) is 4. The van der Waals surface area contributed by atoms with Crippen LogP contribution in [0.3, 0.4) is 0 Å². The highest BCUT2D eigenvalue weighted by atomic mass is 16.2. The Morgan fingerprint density at radius 1 is 1.24 bits per heavy atom. The molecule has 1 saturated heterocycles. The van der Waals surface area contributed by atoms with E-state index in [-0.39, 0.29) is 6.03 Å². The zero-order valence-corrected chi connectivity index (χ0v) is 15.2. The predicted octanol–water partition coefficient (Wildman–Crippen LogP) is 2.11. The molecule has 0 atom stereocenters. The van der Waals surface area contributed by atoms with Crippen molar-refractivity contribution >= 4 is 11.8 Å². The molecule has 1 N–H and O–H groups in total. The Morgan fingerprint density at radius 3 is 2.44 bits per heavy atom. The molecule has 1 aliphatic heterocycles. The Bertz CT molecular complexity index is 554. The molecular weight excluding hydrogens is 314 g/mol. The van der Waals surface area contributed by atoms with E-state index in [0.29, 0.717) is 19.6 Å². The van der Waals surface area contributed by atoms with Gasteiger partial charge in [-0.2, -0.15) is 0 Å². The highest BCUT2D eigenvalue weighted by molar-refractivity contribution is 5.74. The summed E-state index contributed by atoms with van der Waals surface area (Å²) < 4.78 is 0. The van der Waals surface area contributed by atoms with Crippen LogP contribution in [0.15, 0.2) is 43.6 Å². The van der Waals surface area contributed by atoms with E-state index in [1.54, 1.807) is 17.1 Å². The number of anilines is 1. The Balaban J connectivity index is 1.84. The van der Waals surface area contributed by atoms with Crippen molar-refractivity contribution in [3.8, 4) is 0 Å². The third kappa shape index (κ3) is 5.60. The lowest BCUT2D eigenvalue weighted by molar-refractivity contribution is 0.208. The molecule has 0 radical (unpaired) electrons. The second-order valence-electron chi connectivity index (χ2n) is 6.09. The number of hydrogen-bond donors (Lipinski definition) is 1. The lowest BCUT2D eigenvalue weighted by Crippen LogP contribution is -2.46. The molecule has 1 aromatic heterocycles. The van der Waals surface area contributed by atoms with Crippen LogP contribution in [0, 0.1) is 0 Å². The van der Waals surface area contributed by atoms with Gasteiger partial charge in [0.1, 0.15) is 5.82 Å². The summed E-state index contributed by atoms with van der Waals surface area (Å²) in [6.45, 7) is 16.3. The summed E-state index contributed by atoms with van der Waals surface area (Å²) >= 11 is 0. The number of carbonyl (C=O) groups excluding carboxylic acids is 1. The average Bonchev–Trinajstić information content (AvgIpc) is 2.66. The van der Waals surface area contributed by atoms with Gasteiger partial charge in [0.05, 0.1) is 0 Å². The largest absolute Gasteiger partial charge is 0.354 e. The van der Waals surface area contributed by atoms with Crippen LogP contribution < -0.4 is 10.2 Å². The zero-order valence-electron chi connectivity index (χ0n) is 15.2. The third-order valence-electron chi connectivity index (χ3n) is 4.38. The molecule has 2 heterocycles. The van der Waals surface area contributed by atoms with Crippen molar-refractivity contribution in [1.82, 2.24) is 20.1 Å². The number of aromatic nitrogens is 1. The van der Waals surface area contributed by atoms with Crippen molar-refractivity contribution < 1.29 is 4.79 Å². The van der Waals surface area contributed by atoms with Crippen molar-refractivity contribution in [3.63, 3.8) is 0 Å². The summed E-state index contributed by atoms with van der Waals surface area (Å²) in [6.07, 6.45) is 5.25. The summed E-state index contributed by atoms with van der Waals surface area (Å²) in [6, 6.07) is 3.94.